The molecule has 0 saturated carbocycles. The summed E-state index contributed by atoms with van der Waals surface area (Å²) in [6.45, 7) is 2.48. The number of carbonyl (C=O) groups excluding carboxylic acids is 1. The van der Waals surface area contributed by atoms with Gasteiger partial charge in [-0.3, -0.25) is 4.79 Å². The molecular weight excluding hydrogens is 298 g/mol. The summed E-state index contributed by atoms with van der Waals surface area (Å²) < 4.78 is 23.2. The quantitative estimate of drug-likeness (QED) is 0.871. The summed E-state index contributed by atoms with van der Waals surface area (Å²) in [5.74, 6) is -0.200. The van der Waals surface area contributed by atoms with E-state index in [1.165, 1.54) is 12.1 Å². The monoisotopic (exact) mass is 317 g/mol. The van der Waals surface area contributed by atoms with Crippen molar-refractivity contribution >= 4 is 15.7 Å². The van der Waals surface area contributed by atoms with Crippen molar-refractivity contribution in [2.45, 2.75) is 18.4 Å². The maximum absolute atomic E-state index is 12.5. The van der Waals surface area contributed by atoms with Crippen molar-refractivity contribution < 1.29 is 13.2 Å². The fourth-order valence-corrected chi connectivity index (χ4v) is 2.86. The average molecular weight is 317 g/mol. The maximum Gasteiger partial charge on any atom is 0.253 e. The van der Waals surface area contributed by atoms with E-state index in [1.807, 2.05) is 31.2 Å². The molecule has 0 fully saturated rings. The van der Waals surface area contributed by atoms with Crippen LogP contribution in [0.5, 0.6) is 0 Å². The second-order valence-electron chi connectivity index (χ2n) is 5.39. The van der Waals surface area contributed by atoms with Crippen molar-refractivity contribution in [2.75, 3.05) is 13.3 Å². The van der Waals surface area contributed by atoms with E-state index in [-0.39, 0.29) is 10.8 Å². The third-order valence-corrected chi connectivity index (χ3v) is 4.63. The molecule has 5 heteroatoms. The molecule has 0 bridgehead atoms. The number of sulfone groups is 1. The Morgan fingerprint density at radius 2 is 1.77 bits per heavy atom. The van der Waals surface area contributed by atoms with Gasteiger partial charge in [0.1, 0.15) is 0 Å². The molecule has 0 aliphatic carbocycles. The first-order valence-corrected chi connectivity index (χ1v) is 8.78. The van der Waals surface area contributed by atoms with Crippen molar-refractivity contribution in [3.8, 4) is 0 Å². The van der Waals surface area contributed by atoms with Crippen LogP contribution in [0.4, 0.5) is 0 Å². The van der Waals surface area contributed by atoms with E-state index in [4.69, 9.17) is 0 Å². The van der Waals surface area contributed by atoms with Crippen molar-refractivity contribution in [1.29, 1.82) is 0 Å². The van der Waals surface area contributed by atoms with Crippen LogP contribution in [0, 0.1) is 6.92 Å². The lowest BCUT2D eigenvalue weighted by atomic mass is 10.1. The predicted molar refractivity (Wildman–Crippen MR) is 86.5 cm³/mol. The molecule has 2 rings (SSSR count). The van der Waals surface area contributed by atoms with Gasteiger partial charge in [0.2, 0.25) is 0 Å². The molecule has 0 heterocycles. The largest absolute Gasteiger partial charge is 0.337 e. The van der Waals surface area contributed by atoms with E-state index in [1.54, 1.807) is 24.1 Å². The van der Waals surface area contributed by atoms with Gasteiger partial charge in [0, 0.05) is 25.4 Å². The van der Waals surface area contributed by atoms with Gasteiger partial charge in [0.25, 0.3) is 5.91 Å². The van der Waals surface area contributed by atoms with Crippen molar-refractivity contribution in [3.63, 3.8) is 0 Å². The van der Waals surface area contributed by atoms with Crippen LogP contribution in [0.1, 0.15) is 21.5 Å². The third kappa shape index (κ3) is 3.74. The minimum Gasteiger partial charge on any atom is -0.337 e. The SMILES string of the molecule is Cc1ccccc1CN(C)C(=O)c1cccc(S(C)(=O)=O)c1. The highest BCUT2D eigenvalue weighted by molar-refractivity contribution is 7.90. The number of nitrogens with zero attached hydrogens (tertiary/aromatic N) is 1. The predicted octanol–water partition coefficient (Wildman–Crippen LogP) is 2.67. The molecule has 0 unspecified atom stereocenters. The lowest BCUT2D eigenvalue weighted by molar-refractivity contribution is 0.0784. The number of rotatable bonds is 4. The highest BCUT2D eigenvalue weighted by Gasteiger charge is 2.15. The Hall–Kier alpha value is -2.14. The van der Waals surface area contributed by atoms with Crippen molar-refractivity contribution in [1.82, 2.24) is 4.90 Å². The Labute approximate surface area is 131 Å². The van der Waals surface area contributed by atoms with Crippen LogP contribution in [-0.4, -0.2) is 32.5 Å². The number of amides is 1. The number of aryl methyl sites for hydroxylation is 1. The van der Waals surface area contributed by atoms with E-state index < -0.39 is 9.84 Å². The molecule has 116 valence electrons. The van der Waals surface area contributed by atoms with Crippen LogP contribution in [-0.2, 0) is 16.4 Å². The van der Waals surface area contributed by atoms with Gasteiger partial charge >= 0.3 is 0 Å². The number of hydrogen-bond donors (Lipinski definition) is 0. The van der Waals surface area contributed by atoms with Gasteiger partial charge in [-0.05, 0) is 36.2 Å². The molecule has 0 spiro atoms. The fraction of sp³-hybridized carbons (Fsp3) is 0.235. The Bertz CT molecular complexity index is 797. The van der Waals surface area contributed by atoms with E-state index in [0.717, 1.165) is 17.4 Å². The second-order valence-corrected chi connectivity index (χ2v) is 7.40. The van der Waals surface area contributed by atoms with E-state index in [2.05, 4.69) is 0 Å². The summed E-state index contributed by atoms with van der Waals surface area (Å²) in [5, 5.41) is 0. The first-order chi connectivity index (χ1) is 10.3. The van der Waals surface area contributed by atoms with Crippen LogP contribution in [0.15, 0.2) is 53.4 Å². The zero-order valence-corrected chi connectivity index (χ0v) is 13.7. The van der Waals surface area contributed by atoms with Crippen LogP contribution < -0.4 is 0 Å². The topological polar surface area (TPSA) is 54.5 Å². The molecule has 2 aromatic carbocycles. The first-order valence-electron chi connectivity index (χ1n) is 6.89. The standard InChI is InChI=1S/C17H19NO3S/c1-13-7-4-5-8-15(13)12-18(2)17(19)14-9-6-10-16(11-14)22(3,20)21/h4-11H,12H2,1-3H3. The lowest BCUT2D eigenvalue weighted by Crippen LogP contribution is -2.26. The summed E-state index contributed by atoms with van der Waals surface area (Å²) in [5.41, 5.74) is 2.56. The van der Waals surface area contributed by atoms with Gasteiger partial charge in [-0.15, -0.1) is 0 Å². The van der Waals surface area contributed by atoms with E-state index >= 15 is 0 Å². The Morgan fingerprint density at radius 3 is 2.41 bits per heavy atom. The van der Waals surface area contributed by atoms with E-state index in [0.29, 0.717) is 12.1 Å². The molecule has 4 nitrogen and oxygen atoms in total. The van der Waals surface area contributed by atoms with Crippen molar-refractivity contribution in [3.05, 3.63) is 65.2 Å². The Kier molecular flexibility index (Phi) is 4.66. The number of hydrogen-bond acceptors (Lipinski definition) is 3. The highest BCUT2D eigenvalue weighted by Crippen LogP contribution is 2.15. The highest BCUT2D eigenvalue weighted by atomic mass is 32.2. The van der Waals surface area contributed by atoms with Crippen LogP contribution in [0.2, 0.25) is 0 Å². The summed E-state index contributed by atoms with van der Waals surface area (Å²) in [7, 11) is -1.61. The molecule has 0 aliphatic rings. The maximum atomic E-state index is 12.5. The summed E-state index contributed by atoms with van der Waals surface area (Å²) >= 11 is 0. The number of carbonyl (C=O) groups is 1. The van der Waals surface area contributed by atoms with Gasteiger partial charge in [-0.25, -0.2) is 8.42 Å². The Morgan fingerprint density at radius 1 is 1.09 bits per heavy atom. The third-order valence-electron chi connectivity index (χ3n) is 3.52. The van der Waals surface area contributed by atoms with Gasteiger partial charge in [-0.1, -0.05) is 30.3 Å². The number of benzene rings is 2. The smallest absolute Gasteiger partial charge is 0.253 e. The Balaban J connectivity index is 2.23. The lowest BCUT2D eigenvalue weighted by Gasteiger charge is -2.19. The summed E-state index contributed by atoms with van der Waals surface area (Å²) in [6.07, 6.45) is 1.13. The second kappa shape index (κ2) is 6.32. The van der Waals surface area contributed by atoms with Crippen LogP contribution in [0.25, 0.3) is 0 Å². The molecular formula is C17H19NO3S. The average Bonchev–Trinajstić information content (AvgIpc) is 2.48. The molecule has 0 N–H and O–H groups in total. The van der Waals surface area contributed by atoms with Crippen molar-refractivity contribution in [2.24, 2.45) is 0 Å². The minimum absolute atomic E-state index is 0.155. The minimum atomic E-state index is -3.32. The fourth-order valence-electron chi connectivity index (χ4n) is 2.19. The van der Waals surface area contributed by atoms with Crippen LogP contribution in [0.3, 0.4) is 0 Å². The van der Waals surface area contributed by atoms with Gasteiger partial charge in [0.15, 0.2) is 9.84 Å². The zero-order valence-electron chi connectivity index (χ0n) is 12.9. The summed E-state index contributed by atoms with van der Waals surface area (Å²) in [4.78, 5) is 14.2. The zero-order chi connectivity index (χ0) is 16.3. The van der Waals surface area contributed by atoms with Gasteiger partial charge < -0.3 is 4.90 Å². The van der Waals surface area contributed by atoms with Gasteiger partial charge in [-0.2, -0.15) is 0 Å². The first kappa shape index (κ1) is 16.2. The molecule has 0 radical (unpaired) electrons. The normalized spacial score (nSPS) is 11.2. The molecule has 0 aromatic heterocycles. The molecule has 0 saturated heterocycles. The summed E-state index contributed by atoms with van der Waals surface area (Å²) in [6, 6.07) is 14.0. The van der Waals surface area contributed by atoms with Gasteiger partial charge in [0.05, 0.1) is 4.90 Å². The molecule has 22 heavy (non-hydrogen) atoms. The van der Waals surface area contributed by atoms with Crippen LogP contribution >= 0.6 is 0 Å². The molecule has 1 amide bonds. The molecule has 2 aromatic rings. The molecule has 0 aliphatic heterocycles. The molecule has 0 atom stereocenters. The van der Waals surface area contributed by atoms with E-state index in [9.17, 15) is 13.2 Å².